The minimum atomic E-state index is -2.81. The van der Waals surface area contributed by atoms with Crippen LogP contribution < -0.4 is 20.7 Å². The van der Waals surface area contributed by atoms with Gasteiger partial charge in [0.2, 0.25) is 0 Å². The fourth-order valence-corrected chi connectivity index (χ4v) is 4.42. The first-order valence-electron chi connectivity index (χ1n) is 11.7. The number of hydrogen-bond donors (Lipinski definition) is 2. The number of aromatic nitrogens is 5. The van der Waals surface area contributed by atoms with Crippen molar-refractivity contribution in [2.45, 2.75) is 25.2 Å². The van der Waals surface area contributed by atoms with Crippen molar-refractivity contribution >= 4 is 17.3 Å². The van der Waals surface area contributed by atoms with Crippen LogP contribution in [-0.2, 0) is 0 Å². The number of ether oxygens (including phenoxy) is 1. The van der Waals surface area contributed by atoms with E-state index in [1.807, 2.05) is 0 Å². The molecule has 38 heavy (non-hydrogen) atoms. The monoisotopic (exact) mass is 528 g/mol. The number of pyridine rings is 1. The molecule has 9 nitrogen and oxygen atoms in total. The molecule has 4 heterocycles. The number of nitrogens with one attached hydrogen (secondary N) is 1. The van der Waals surface area contributed by atoms with Crippen LogP contribution in [0.1, 0.15) is 13.0 Å². The molecule has 5 rings (SSSR count). The number of nitrogens with two attached hydrogens (primary N) is 1. The maximum Gasteiger partial charge on any atom is 0.333 e. The highest BCUT2D eigenvalue weighted by Gasteiger charge is 2.27. The van der Waals surface area contributed by atoms with E-state index in [9.17, 15) is 17.6 Å². The fourth-order valence-electron chi connectivity index (χ4n) is 4.42. The normalized spacial score (nSPS) is 17.6. The highest BCUT2D eigenvalue weighted by molar-refractivity contribution is 5.80. The Morgan fingerprint density at radius 2 is 1.97 bits per heavy atom. The first-order valence-corrected chi connectivity index (χ1v) is 11.7. The first kappa shape index (κ1) is 25.4. The van der Waals surface area contributed by atoms with Gasteiger partial charge in [-0.3, -0.25) is 0 Å². The van der Waals surface area contributed by atoms with E-state index in [2.05, 4.69) is 25.4 Å². The van der Waals surface area contributed by atoms with Crippen molar-refractivity contribution in [2.75, 3.05) is 30.4 Å². The van der Waals surface area contributed by atoms with Gasteiger partial charge in [-0.2, -0.15) is 13.9 Å². The van der Waals surface area contributed by atoms with Gasteiger partial charge in [0, 0.05) is 54.9 Å². The molecule has 0 aliphatic carbocycles. The maximum absolute atomic E-state index is 14.6. The van der Waals surface area contributed by atoms with Crippen LogP contribution in [0.25, 0.3) is 22.5 Å². The zero-order valence-electron chi connectivity index (χ0n) is 20.2. The molecule has 13 heteroatoms. The molecule has 3 N–H and O–H groups in total. The van der Waals surface area contributed by atoms with Gasteiger partial charge in [0.25, 0.3) is 0 Å². The highest BCUT2D eigenvalue weighted by Crippen LogP contribution is 2.35. The van der Waals surface area contributed by atoms with Crippen molar-refractivity contribution in [2.24, 2.45) is 5.73 Å². The Labute approximate surface area is 215 Å². The van der Waals surface area contributed by atoms with E-state index in [4.69, 9.17) is 10.5 Å². The molecule has 1 aliphatic rings. The summed E-state index contributed by atoms with van der Waals surface area (Å²) in [5, 5.41) is 6.76. The Bertz CT molecular complexity index is 1420. The van der Waals surface area contributed by atoms with Gasteiger partial charge in [-0.1, -0.05) is 6.07 Å². The second-order valence-corrected chi connectivity index (χ2v) is 8.78. The number of halogens is 4. The van der Waals surface area contributed by atoms with Crippen LogP contribution in [0, 0.1) is 5.82 Å². The van der Waals surface area contributed by atoms with Crippen LogP contribution in [0.3, 0.4) is 0 Å². The van der Waals surface area contributed by atoms with Gasteiger partial charge in [0.15, 0.2) is 5.82 Å². The summed E-state index contributed by atoms with van der Waals surface area (Å²) in [4.78, 5) is 14.7. The summed E-state index contributed by atoms with van der Waals surface area (Å²) >= 11 is 0. The summed E-state index contributed by atoms with van der Waals surface area (Å²) in [7, 11) is 1.42. The van der Waals surface area contributed by atoms with Crippen molar-refractivity contribution in [1.82, 2.24) is 24.7 Å². The molecule has 2 atom stereocenters. The number of piperidine rings is 1. The third kappa shape index (κ3) is 5.23. The summed E-state index contributed by atoms with van der Waals surface area (Å²) in [5.74, 6) is 0.486. The van der Waals surface area contributed by atoms with E-state index >= 15 is 0 Å². The smallest absolute Gasteiger partial charge is 0.333 e. The highest BCUT2D eigenvalue weighted by atomic mass is 19.3. The maximum atomic E-state index is 14.6. The van der Waals surface area contributed by atoms with Gasteiger partial charge in [-0.25, -0.2) is 28.4 Å². The summed E-state index contributed by atoms with van der Waals surface area (Å²) < 4.78 is 61.1. The average molecular weight is 529 g/mol. The Balaban J connectivity index is 1.51. The molecular weight excluding hydrogens is 504 g/mol. The number of anilines is 3. The van der Waals surface area contributed by atoms with Gasteiger partial charge in [0.05, 0.1) is 24.6 Å². The molecule has 1 aliphatic heterocycles. The van der Waals surface area contributed by atoms with E-state index in [0.29, 0.717) is 39.7 Å². The minimum Gasteiger partial charge on any atom is -0.496 e. The fraction of sp³-hybridized carbons (Fsp3) is 0.280. The van der Waals surface area contributed by atoms with Gasteiger partial charge in [-0.15, -0.1) is 0 Å². The Morgan fingerprint density at radius 3 is 2.71 bits per heavy atom. The summed E-state index contributed by atoms with van der Waals surface area (Å²) in [5.41, 5.74) is 7.60. The largest absolute Gasteiger partial charge is 0.496 e. The number of rotatable bonds is 7. The third-order valence-electron chi connectivity index (χ3n) is 6.10. The lowest BCUT2D eigenvalue weighted by atomic mass is 10.0. The van der Waals surface area contributed by atoms with Crippen LogP contribution in [0.5, 0.6) is 5.75 Å². The van der Waals surface area contributed by atoms with E-state index in [1.165, 1.54) is 44.0 Å². The Kier molecular flexibility index (Phi) is 7.09. The second kappa shape index (κ2) is 10.6. The molecule has 1 saturated heterocycles. The topological polar surface area (TPSA) is 107 Å². The minimum absolute atomic E-state index is 0.0812. The van der Waals surface area contributed by atoms with E-state index < -0.39 is 24.6 Å². The van der Waals surface area contributed by atoms with E-state index in [1.54, 1.807) is 23.1 Å². The van der Waals surface area contributed by atoms with E-state index in [0.717, 1.165) is 0 Å². The summed E-state index contributed by atoms with van der Waals surface area (Å²) in [6.07, 6.45) is 4.53. The lowest BCUT2D eigenvalue weighted by molar-refractivity contribution is 0.0566. The summed E-state index contributed by atoms with van der Waals surface area (Å²) in [6, 6.07) is 7.24. The first-order chi connectivity index (χ1) is 18.3. The molecule has 4 aromatic rings. The van der Waals surface area contributed by atoms with E-state index in [-0.39, 0.29) is 30.1 Å². The Hall–Kier alpha value is -4.26. The molecule has 0 unspecified atom stereocenters. The number of nitrogens with zero attached hydrogens (tertiary/aromatic N) is 6. The lowest BCUT2D eigenvalue weighted by Gasteiger charge is -2.35. The predicted molar refractivity (Wildman–Crippen MR) is 134 cm³/mol. The lowest BCUT2D eigenvalue weighted by Crippen LogP contribution is -2.48. The average Bonchev–Trinajstić information content (AvgIpc) is 3.39. The number of benzene rings is 1. The van der Waals surface area contributed by atoms with Crippen LogP contribution >= 0.6 is 0 Å². The van der Waals surface area contributed by atoms with Crippen molar-refractivity contribution in [3.05, 3.63) is 60.9 Å². The molecule has 0 spiro atoms. The SMILES string of the molecule is COc1cccc(F)c1-c1nccc(Nc2cc(N3C[C@@H](N)C[C@@H](F)C3)c(-c3cnn(C(F)F)c3)cn2)n1. The van der Waals surface area contributed by atoms with Crippen LogP contribution in [0.2, 0.25) is 0 Å². The van der Waals surface area contributed by atoms with Crippen molar-refractivity contribution in [3.8, 4) is 28.3 Å². The predicted octanol–water partition coefficient (Wildman–Crippen LogP) is 4.56. The van der Waals surface area contributed by atoms with Crippen LogP contribution in [0.15, 0.2) is 55.1 Å². The summed E-state index contributed by atoms with van der Waals surface area (Å²) in [6.45, 7) is -2.36. The molecule has 0 radical (unpaired) electrons. The van der Waals surface area contributed by atoms with Crippen LogP contribution in [-0.4, -0.2) is 57.1 Å². The number of hydrogen-bond acceptors (Lipinski definition) is 8. The van der Waals surface area contributed by atoms with Gasteiger partial charge >= 0.3 is 6.55 Å². The molecule has 0 saturated carbocycles. The second-order valence-electron chi connectivity index (χ2n) is 8.78. The molecule has 0 bridgehead atoms. The number of alkyl halides is 3. The Morgan fingerprint density at radius 1 is 1.13 bits per heavy atom. The molecular formula is C25H24F4N8O. The zero-order valence-corrected chi connectivity index (χ0v) is 20.2. The van der Waals surface area contributed by atoms with Gasteiger partial charge < -0.3 is 20.7 Å². The van der Waals surface area contributed by atoms with Crippen molar-refractivity contribution in [1.29, 1.82) is 0 Å². The zero-order chi connectivity index (χ0) is 26.8. The molecule has 0 amide bonds. The quantitative estimate of drug-likeness (QED) is 0.336. The molecule has 3 aromatic heterocycles. The third-order valence-corrected chi connectivity index (χ3v) is 6.10. The van der Waals surface area contributed by atoms with Crippen molar-refractivity contribution < 1.29 is 22.3 Å². The van der Waals surface area contributed by atoms with Crippen molar-refractivity contribution in [3.63, 3.8) is 0 Å². The van der Waals surface area contributed by atoms with Crippen LogP contribution in [0.4, 0.5) is 34.9 Å². The van der Waals surface area contributed by atoms with Gasteiger partial charge in [0.1, 0.15) is 29.4 Å². The molecule has 198 valence electrons. The number of methoxy groups -OCH3 is 1. The van der Waals surface area contributed by atoms with Gasteiger partial charge in [-0.05, 0) is 24.6 Å². The standard InChI is InChI=1S/C25H24F4N8O/c1-38-20-4-2-3-18(27)23(20)24-31-6-5-21(35-24)34-22-8-19(36-12-15(26)7-16(30)13-36)17(10-32-22)14-9-33-37(11-14)25(28)29/h2-6,8-11,15-16,25H,7,12-13,30H2,1H3,(H,31,32,34,35)/t15-,16+/m1/s1. The molecule has 1 fully saturated rings. The molecule has 1 aromatic carbocycles.